The molecule has 2 aliphatic rings. The topological polar surface area (TPSA) is 62.5 Å². The summed E-state index contributed by atoms with van der Waals surface area (Å²) in [5, 5.41) is 7.95. The van der Waals surface area contributed by atoms with Crippen LogP contribution in [0.25, 0.3) is 5.52 Å². The molecular formula is C24H29N5O. The Kier molecular flexibility index (Phi) is 5.39. The summed E-state index contributed by atoms with van der Waals surface area (Å²) in [5.74, 6) is 1.17. The predicted octanol–water partition coefficient (Wildman–Crippen LogP) is 3.18. The van der Waals surface area contributed by atoms with E-state index in [-0.39, 0.29) is 11.8 Å². The molecule has 1 fully saturated rings. The Morgan fingerprint density at radius 3 is 2.90 bits per heavy atom. The number of benzene rings is 1. The van der Waals surface area contributed by atoms with Gasteiger partial charge in [-0.05, 0) is 50.5 Å². The first-order valence-electron chi connectivity index (χ1n) is 11.2. The van der Waals surface area contributed by atoms with Crippen LogP contribution in [0.4, 0.5) is 5.82 Å². The van der Waals surface area contributed by atoms with E-state index in [4.69, 9.17) is 10.1 Å². The van der Waals surface area contributed by atoms with Gasteiger partial charge in [-0.2, -0.15) is 5.10 Å². The van der Waals surface area contributed by atoms with Gasteiger partial charge in [0.15, 0.2) is 5.82 Å². The minimum absolute atomic E-state index is 0.00956. The van der Waals surface area contributed by atoms with Crippen molar-refractivity contribution in [2.75, 3.05) is 24.5 Å². The third-order valence-corrected chi connectivity index (χ3v) is 6.45. The van der Waals surface area contributed by atoms with E-state index >= 15 is 0 Å². The summed E-state index contributed by atoms with van der Waals surface area (Å²) >= 11 is 0. The second kappa shape index (κ2) is 8.46. The molecule has 1 aromatic carbocycles. The molecule has 0 bridgehead atoms. The number of rotatable bonds is 5. The SMILES string of the molecule is O=C(NCCc1ccccc1)[C@@H]1CCCN(c2nccn3nc4c(c23)CCCC4)C1. The number of amides is 1. The van der Waals surface area contributed by atoms with Gasteiger partial charge in [0.25, 0.3) is 0 Å². The maximum atomic E-state index is 12.8. The van der Waals surface area contributed by atoms with Crippen molar-refractivity contribution in [1.82, 2.24) is 19.9 Å². The summed E-state index contributed by atoms with van der Waals surface area (Å²) < 4.78 is 2.00. The van der Waals surface area contributed by atoms with Crippen molar-refractivity contribution in [1.29, 1.82) is 0 Å². The van der Waals surface area contributed by atoms with E-state index < -0.39 is 0 Å². The highest BCUT2D eigenvalue weighted by atomic mass is 16.1. The van der Waals surface area contributed by atoms with Gasteiger partial charge in [-0.1, -0.05) is 30.3 Å². The van der Waals surface area contributed by atoms with Crippen molar-refractivity contribution in [2.24, 2.45) is 5.92 Å². The molecule has 2 aromatic heterocycles. The Morgan fingerprint density at radius 2 is 2.00 bits per heavy atom. The highest BCUT2D eigenvalue weighted by Crippen LogP contribution is 2.32. The van der Waals surface area contributed by atoms with E-state index in [1.807, 2.05) is 35.1 Å². The molecule has 1 aliphatic carbocycles. The smallest absolute Gasteiger partial charge is 0.224 e. The zero-order valence-electron chi connectivity index (χ0n) is 17.4. The third kappa shape index (κ3) is 3.78. The van der Waals surface area contributed by atoms with Crippen molar-refractivity contribution in [3.63, 3.8) is 0 Å². The fourth-order valence-electron chi connectivity index (χ4n) is 4.88. The molecule has 0 unspecified atom stereocenters. The monoisotopic (exact) mass is 403 g/mol. The highest BCUT2D eigenvalue weighted by molar-refractivity contribution is 5.80. The standard InChI is InChI=1S/C24H29N5O/c30-24(26-13-12-18-7-2-1-3-8-18)19-9-6-15-28(17-19)23-22-20-10-4-5-11-21(20)27-29(22)16-14-25-23/h1-3,7-8,14,16,19H,4-6,9-13,15,17H2,(H,26,30)/t19-/m1/s1. The predicted molar refractivity (Wildman–Crippen MR) is 118 cm³/mol. The van der Waals surface area contributed by atoms with Gasteiger partial charge >= 0.3 is 0 Å². The Balaban J connectivity index is 1.28. The van der Waals surface area contributed by atoms with Crippen LogP contribution in [0.1, 0.15) is 42.5 Å². The molecule has 1 saturated heterocycles. The van der Waals surface area contributed by atoms with Crippen molar-refractivity contribution in [3.8, 4) is 0 Å². The molecule has 3 aromatic rings. The van der Waals surface area contributed by atoms with Crippen LogP contribution >= 0.6 is 0 Å². The number of carbonyl (C=O) groups excluding carboxylic acids is 1. The number of anilines is 1. The Labute approximate surface area is 177 Å². The number of hydrogen-bond donors (Lipinski definition) is 1. The number of aryl methyl sites for hydroxylation is 2. The molecule has 30 heavy (non-hydrogen) atoms. The van der Waals surface area contributed by atoms with E-state index in [0.717, 1.165) is 56.5 Å². The van der Waals surface area contributed by atoms with Crippen LogP contribution in [0, 0.1) is 5.92 Å². The molecule has 1 atom stereocenters. The van der Waals surface area contributed by atoms with Gasteiger partial charge in [-0.25, -0.2) is 9.50 Å². The van der Waals surface area contributed by atoms with Gasteiger partial charge < -0.3 is 10.2 Å². The molecule has 0 spiro atoms. The largest absolute Gasteiger partial charge is 0.355 e. The number of hydrogen-bond acceptors (Lipinski definition) is 4. The molecule has 156 valence electrons. The first kappa shape index (κ1) is 19.1. The number of nitrogens with one attached hydrogen (secondary N) is 1. The van der Waals surface area contributed by atoms with Crippen molar-refractivity contribution in [2.45, 2.75) is 44.9 Å². The lowest BCUT2D eigenvalue weighted by molar-refractivity contribution is -0.125. The maximum Gasteiger partial charge on any atom is 0.224 e. The summed E-state index contributed by atoms with van der Waals surface area (Å²) in [5.41, 5.74) is 4.99. The van der Waals surface area contributed by atoms with Gasteiger partial charge in [0.1, 0.15) is 5.52 Å². The maximum absolute atomic E-state index is 12.8. The summed E-state index contributed by atoms with van der Waals surface area (Å²) in [4.78, 5) is 19.9. The lowest BCUT2D eigenvalue weighted by atomic mass is 9.95. The molecule has 1 N–H and O–H groups in total. The van der Waals surface area contributed by atoms with Crippen LogP contribution in [0.3, 0.4) is 0 Å². The number of carbonyl (C=O) groups is 1. The third-order valence-electron chi connectivity index (χ3n) is 6.45. The molecule has 1 aliphatic heterocycles. The van der Waals surface area contributed by atoms with E-state index in [2.05, 4.69) is 22.3 Å². The molecule has 0 saturated carbocycles. The second-order valence-electron chi connectivity index (χ2n) is 8.49. The number of fused-ring (bicyclic) bond motifs is 3. The van der Waals surface area contributed by atoms with Crippen molar-refractivity contribution >= 4 is 17.2 Å². The van der Waals surface area contributed by atoms with E-state index in [9.17, 15) is 4.79 Å². The van der Waals surface area contributed by atoms with Crippen LogP contribution in [-0.2, 0) is 24.1 Å². The number of piperidine rings is 1. The Morgan fingerprint density at radius 1 is 1.13 bits per heavy atom. The quantitative estimate of drug-likeness (QED) is 0.711. The zero-order chi connectivity index (χ0) is 20.3. The molecule has 6 nitrogen and oxygen atoms in total. The van der Waals surface area contributed by atoms with Gasteiger partial charge in [0, 0.05) is 37.6 Å². The average Bonchev–Trinajstić information content (AvgIpc) is 3.19. The van der Waals surface area contributed by atoms with Crippen LogP contribution in [0.15, 0.2) is 42.7 Å². The van der Waals surface area contributed by atoms with Gasteiger partial charge in [-0.3, -0.25) is 4.79 Å². The van der Waals surface area contributed by atoms with Crippen molar-refractivity contribution < 1.29 is 4.79 Å². The zero-order valence-corrected chi connectivity index (χ0v) is 17.4. The lowest BCUT2D eigenvalue weighted by Gasteiger charge is -2.33. The number of nitrogens with zero attached hydrogens (tertiary/aromatic N) is 4. The molecular weight excluding hydrogens is 374 g/mol. The molecule has 0 radical (unpaired) electrons. The second-order valence-corrected chi connectivity index (χ2v) is 8.49. The Bertz CT molecular complexity index is 1030. The summed E-state index contributed by atoms with van der Waals surface area (Å²) in [6, 6.07) is 10.3. The fraction of sp³-hybridized carbons (Fsp3) is 0.458. The minimum Gasteiger partial charge on any atom is -0.355 e. The van der Waals surface area contributed by atoms with Crippen LogP contribution in [0.2, 0.25) is 0 Å². The van der Waals surface area contributed by atoms with Gasteiger partial charge in [0.05, 0.1) is 11.6 Å². The van der Waals surface area contributed by atoms with Gasteiger partial charge in [0.2, 0.25) is 5.91 Å². The molecule has 1 amide bonds. The number of aromatic nitrogens is 3. The van der Waals surface area contributed by atoms with Crippen LogP contribution in [-0.4, -0.2) is 40.1 Å². The normalized spacial score (nSPS) is 18.9. The van der Waals surface area contributed by atoms with Crippen LogP contribution in [0.5, 0.6) is 0 Å². The van der Waals surface area contributed by atoms with E-state index in [1.165, 1.54) is 29.7 Å². The minimum atomic E-state index is 0.00956. The van der Waals surface area contributed by atoms with E-state index in [0.29, 0.717) is 6.54 Å². The molecule has 5 rings (SSSR count). The molecule has 6 heteroatoms. The average molecular weight is 404 g/mol. The lowest BCUT2D eigenvalue weighted by Crippen LogP contribution is -2.44. The van der Waals surface area contributed by atoms with Crippen LogP contribution < -0.4 is 10.2 Å². The first-order chi connectivity index (χ1) is 14.8. The first-order valence-corrected chi connectivity index (χ1v) is 11.2. The Hall–Kier alpha value is -2.89. The van der Waals surface area contributed by atoms with Crippen molar-refractivity contribution in [3.05, 3.63) is 59.5 Å². The van der Waals surface area contributed by atoms with Gasteiger partial charge in [-0.15, -0.1) is 0 Å². The highest BCUT2D eigenvalue weighted by Gasteiger charge is 2.29. The summed E-state index contributed by atoms with van der Waals surface area (Å²) in [6.45, 7) is 2.35. The summed E-state index contributed by atoms with van der Waals surface area (Å²) in [6.07, 6.45) is 11.2. The van der Waals surface area contributed by atoms with E-state index in [1.54, 1.807) is 0 Å². The fourth-order valence-corrected chi connectivity index (χ4v) is 4.88. The molecule has 3 heterocycles. The summed E-state index contributed by atoms with van der Waals surface area (Å²) in [7, 11) is 0.